The Bertz CT molecular complexity index is 500. The molecule has 18 heavy (non-hydrogen) atoms. The van der Waals surface area contributed by atoms with Crippen molar-refractivity contribution in [2.75, 3.05) is 17.7 Å². The molecule has 0 aliphatic heterocycles. The molecule has 0 amide bonds. The molecule has 1 aromatic carbocycles. The van der Waals surface area contributed by atoms with Crippen LogP contribution in [0.5, 0.6) is 5.75 Å². The molecule has 1 heterocycles. The van der Waals surface area contributed by atoms with Gasteiger partial charge in [0.2, 0.25) is 0 Å². The molecular formula is C14H17N3O. The summed E-state index contributed by atoms with van der Waals surface area (Å²) in [7, 11) is 0. The van der Waals surface area contributed by atoms with Crippen LogP contribution in [-0.2, 0) is 6.54 Å². The SMILES string of the molecule is CCOc1cc(NCc2ccncc2)ccc1N. The third-order valence-electron chi connectivity index (χ3n) is 2.56. The molecule has 0 fully saturated rings. The lowest BCUT2D eigenvalue weighted by atomic mass is 10.2. The number of hydrogen-bond donors (Lipinski definition) is 2. The number of nitrogens with one attached hydrogen (secondary N) is 1. The molecule has 2 rings (SSSR count). The lowest BCUT2D eigenvalue weighted by Crippen LogP contribution is -2.02. The van der Waals surface area contributed by atoms with Crippen LogP contribution >= 0.6 is 0 Å². The van der Waals surface area contributed by atoms with Gasteiger partial charge in [0.15, 0.2) is 0 Å². The standard InChI is InChI=1S/C14H17N3O/c1-2-18-14-9-12(3-4-13(14)15)17-10-11-5-7-16-8-6-11/h3-9,17H,2,10,15H2,1H3. The first kappa shape index (κ1) is 12.2. The van der Waals surface area contributed by atoms with Crippen molar-refractivity contribution in [2.45, 2.75) is 13.5 Å². The molecule has 3 N–H and O–H groups in total. The summed E-state index contributed by atoms with van der Waals surface area (Å²) >= 11 is 0. The van der Waals surface area contributed by atoms with E-state index in [1.807, 2.05) is 37.3 Å². The van der Waals surface area contributed by atoms with E-state index < -0.39 is 0 Å². The van der Waals surface area contributed by atoms with E-state index in [1.165, 1.54) is 5.56 Å². The van der Waals surface area contributed by atoms with Crippen molar-refractivity contribution in [1.29, 1.82) is 0 Å². The topological polar surface area (TPSA) is 60.2 Å². The fraction of sp³-hybridized carbons (Fsp3) is 0.214. The van der Waals surface area contributed by atoms with Crippen molar-refractivity contribution in [1.82, 2.24) is 4.98 Å². The maximum absolute atomic E-state index is 5.82. The van der Waals surface area contributed by atoms with Crippen LogP contribution in [0, 0.1) is 0 Å². The molecule has 0 radical (unpaired) electrons. The minimum atomic E-state index is 0.609. The molecule has 0 bridgehead atoms. The second-order valence-electron chi connectivity index (χ2n) is 3.89. The number of hydrogen-bond acceptors (Lipinski definition) is 4. The molecule has 0 atom stereocenters. The van der Waals surface area contributed by atoms with Gasteiger partial charge in [-0.1, -0.05) is 0 Å². The van der Waals surface area contributed by atoms with E-state index in [-0.39, 0.29) is 0 Å². The van der Waals surface area contributed by atoms with Crippen molar-refractivity contribution < 1.29 is 4.74 Å². The quantitative estimate of drug-likeness (QED) is 0.793. The zero-order valence-electron chi connectivity index (χ0n) is 10.4. The molecule has 0 unspecified atom stereocenters. The fourth-order valence-electron chi connectivity index (χ4n) is 1.63. The Morgan fingerprint density at radius 2 is 2.00 bits per heavy atom. The maximum Gasteiger partial charge on any atom is 0.144 e. The summed E-state index contributed by atoms with van der Waals surface area (Å²) in [6.07, 6.45) is 3.57. The maximum atomic E-state index is 5.82. The van der Waals surface area contributed by atoms with Crippen LogP contribution < -0.4 is 15.8 Å². The van der Waals surface area contributed by atoms with Gasteiger partial charge in [-0.15, -0.1) is 0 Å². The van der Waals surface area contributed by atoms with Gasteiger partial charge in [0.1, 0.15) is 5.75 Å². The zero-order chi connectivity index (χ0) is 12.8. The van der Waals surface area contributed by atoms with Gasteiger partial charge in [-0.3, -0.25) is 4.98 Å². The summed E-state index contributed by atoms with van der Waals surface area (Å²) in [6.45, 7) is 3.30. The van der Waals surface area contributed by atoms with Gasteiger partial charge in [0.05, 0.1) is 12.3 Å². The lowest BCUT2D eigenvalue weighted by Gasteiger charge is -2.11. The zero-order valence-corrected chi connectivity index (χ0v) is 10.4. The number of rotatable bonds is 5. The van der Waals surface area contributed by atoms with Gasteiger partial charge in [-0.25, -0.2) is 0 Å². The Labute approximate surface area is 107 Å². The molecule has 4 heteroatoms. The molecule has 0 aliphatic carbocycles. The predicted molar refractivity (Wildman–Crippen MR) is 73.6 cm³/mol. The normalized spacial score (nSPS) is 10.1. The molecule has 0 saturated heterocycles. The average molecular weight is 243 g/mol. The Balaban J connectivity index is 2.03. The summed E-state index contributed by atoms with van der Waals surface area (Å²) in [4.78, 5) is 3.99. The van der Waals surface area contributed by atoms with Crippen LogP contribution in [0.15, 0.2) is 42.7 Å². The van der Waals surface area contributed by atoms with E-state index in [1.54, 1.807) is 12.4 Å². The van der Waals surface area contributed by atoms with Gasteiger partial charge in [0.25, 0.3) is 0 Å². The van der Waals surface area contributed by atoms with Crippen LogP contribution in [-0.4, -0.2) is 11.6 Å². The fourth-order valence-corrected chi connectivity index (χ4v) is 1.63. The van der Waals surface area contributed by atoms with E-state index >= 15 is 0 Å². The molecule has 94 valence electrons. The Morgan fingerprint density at radius 3 is 2.72 bits per heavy atom. The predicted octanol–water partition coefficient (Wildman–Crippen LogP) is 2.67. The Morgan fingerprint density at radius 1 is 1.22 bits per heavy atom. The number of benzene rings is 1. The summed E-state index contributed by atoms with van der Waals surface area (Å²) in [5.74, 6) is 0.720. The van der Waals surface area contributed by atoms with Crippen molar-refractivity contribution >= 4 is 11.4 Å². The molecule has 2 aromatic rings. The first-order valence-corrected chi connectivity index (χ1v) is 5.94. The summed E-state index contributed by atoms with van der Waals surface area (Å²) in [5.41, 5.74) is 8.65. The summed E-state index contributed by atoms with van der Waals surface area (Å²) < 4.78 is 5.45. The van der Waals surface area contributed by atoms with Crippen molar-refractivity contribution in [2.24, 2.45) is 0 Å². The second kappa shape index (κ2) is 5.91. The highest BCUT2D eigenvalue weighted by Gasteiger charge is 2.01. The third-order valence-corrected chi connectivity index (χ3v) is 2.56. The minimum Gasteiger partial charge on any atom is -0.492 e. The summed E-state index contributed by atoms with van der Waals surface area (Å²) in [6, 6.07) is 9.67. The number of pyridine rings is 1. The molecule has 0 aliphatic rings. The van der Waals surface area contributed by atoms with E-state index in [4.69, 9.17) is 10.5 Å². The highest BCUT2D eigenvalue weighted by Crippen LogP contribution is 2.25. The molecular weight excluding hydrogens is 226 g/mol. The van der Waals surface area contributed by atoms with Gasteiger partial charge in [-0.05, 0) is 36.8 Å². The molecule has 0 spiro atoms. The smallest absolute Gasteiger partial charge is 0.144 e. The van der Waals surface area contributed by atoms with E-state index in [0.717, 1.165) is 18.0 Å². The van der Waals surface area contributed by atoms with Crippen LogP contribution in [0.3, 0.4) is 0 Å². The molecule has 1 aromatic heterocycles. The van der Waals surface area contributed by atoms with Crippen LogP contribution in [0.1, 0.15) is 12.5 Å². The van der Waals surface area contributed by atoms with Gasteiger partial charge in [-0.2, -0.15) is 0 Å². The first-order chi connectivity index (χ1) is 8.79. The number of anilines is 2. The molecule has 0 saturated carbocycles. The Hall–Kier alpha value is -2.23. The van der Waals surface area contributed by atoms with Gasteiger partial charge >= 0.3 is 0 Å². The molecule has 4 nitrogen and oxygen atoms in total. The van der Waals surface area contributed by atoms with E-state index in [2.05, 4.69) is 10.3 Å². The van der Waals surface area contributed by atoms with Crippen molar-refractivity contribution in [3.8, 4) is 5.75 Å². The minimum absolute atomic E-state index is 0.609. The van der Waals surface area contributed by atoms with Crippen LogP contribution in [0.25, 0.3) is 0 Å². The monoisotopic (exact) mass is 243 g/mol. The van der Waals surface area contributed by atoms with Gasteiger partial charge < -0.3 is 15.8 Å². The number of aromatic nitrogens is 1. The summed E-state index contributed by atoms with van der Waals surface area (Å²) in [5, 5.41) is 3.32. The lowest BCUT2D eigenvalue weighted by molar-refractivity contribution is 0.342. The number of nitrogens with zero attached hydrogens (tertiary/aromatic N) is 1. The highest BCUT2D eigenvalue weighted by atomic mass is 16.5. The number of ether oxygens (including phenoxy) is 1. The van der Waals surface area contributed by atoms with Crippen LogP contribution in [0.4, 0.5) is 11.4 Å². The van der Waals surface area contributed by atoms with Gasteiger partial charge in [0, 0.05) is 30.7 Å². The highest BCUT2D eigenvalue weighted by molar-refractivity contribution is 5.61. The third kappa shape index (κ3) is 3.13. The van der Waals surface area contributed by atoms with Crippen molar-refractivity contribution in [3.05, 3.63) is 48.3 Å². The Kier molecular flexibility index (Phi) is 4.02. The second-order valence-corrected chi connectivity index (χ2v) is 3.89. The van der Waals surface area contributed by atoms with E-state index in [0.29, 0.717) is 12.3 Å². The van der Waals surface area contributed by atoms with Crippen LogP contribution in [0.2, 0.25) is 0 Å². The van der Waals surface area contributed by atoms with Crippen molar-refractivity contribution in [3.63, 3.8) is 0 Å². The largest absolute Gasteiger partial charge is 0.492 e. The number of nitrogen functional groups attached to an aromatic ring is 1. The number of nitrogens with two attached hydrogens (primary N) is 1. The average Bonchev–Trinajstić information content (AvgIpc) is 2.41. The van der Waals surface area contributed by atoms with E-state index in [9.17, 15) is 0 Å². The first-order valence-electron chi connectivity index (χ1n) is 5.94.